The third-order valence-electron chi connectivity index (χ3n) is 4.15. The van der Waals surface area contributed by atoms with Crippen LogP contribution in [-0.2, 0) is 0 Å². The second-order valence-corrected chi connectivity index (χ2v) is 6.48. The van der Waals surface area contributed by atoms with E-state index in [1.165, 1.54) is 12.8 Å². The first-order valence-electron chi connectivity index (χ1n) is 9.63. The number of hydrogen-bond donors (Lipinski definition) is 1. The van der Waals surface area contributed by atoms with Crippen LogP contribution in [0, 0.1) is 0 Å². The summed E-state index contributed by atoms with van der Waals surface area (Å²) in [5.74, 6) is 1.63. The van der Waals surface area contributed by atoms with Gasteiger partial charge in [0.25, 0.3) is 0 Å². The highest BCUT2D eigenvalue weighted by atomic mass is 15.0. The van der Waals surface area contributed by atoms with E-state index < -0.39 is 0 Å². The second-order valence-electron chi connectivity index (χ2n) is 6.48. The van der Waals surface area contributed by atoms with Crippen molar-refractivity contribution in [3.8, 4) is 11.4 Å². The van der Waals surface area contributed by atoms with Crippen molar-refractivity contribution in [3.05, 3.63) is 48.8 Å². The number of rotatable bonds is 6. The lowest BCUT2D eigenvalue weighted by Gasteiger charge is -2.16. The number of hydrogen-bond acceptors (Lipinski definition) is 4. The number of pyridine rings is 1. The summed E-state index contributed by atoms with van der Waals surface area (Å²) in [6, 6.07) is 12.4. The van der Waals surface area contributed by atoms with Gasteiger partial charge in [0.1, 0.15) is 5.82 Å². The molecule has 138 valence electrons. The maximum absolute atomic E-state index is 4.74. The SMILES string of the molecule is CCCC.CCCC(C)Nc1nc(-c2ccncc2)nc2ccccc12. The minimum atomic E-state index is 0.383. The highest BCUT2D eigenvalue weighted by Crippen LogP contribution is 2.25. The van der Waals surface area contributed by atoms with Gasteiger partial charge in [-0.1, -0.05) is 52.2 Å². The fraction of sp³-hybridized carbons (Fsp3) is 0.409. The molecule has 1 aromatic carbocycles. The Morgan fingerprint density at radius 3 is 2.23 bits per heavy atom. The van der Waals surface area contributed by atoms with E-state index in [4.69, 9.17) is 4.98 Å². The van der Waals surface area contributed by atoms with Gasteiger partial charge >= 0.3 is 0 Å². The maximum Gasteiger partial charge on any atom is 0.162 e. The number of unbranched alkanes of at least 4 members (excludes halogenated alkanes) is 1. The van der Waals surface area contributed by atoms with Crippen molar-refractivity contribution in [2.45, 2.75) is 59.4 Å². The first kappa shape index (κ1) is 19.8. The fourth-order valence-electron chi connectivity index (χ4n) is 2.56. The van der Waals surface area contributed by atoms with E-state index in [-0.39, 0.29) is 0 Å². The average Bonchev–Trinajstić information content (AvgIpc) is 2.69. The molecule has 1 unspecified atom stereocenters. The monoisotopic (exact) mass is 350 g/mol. The minimum Gasteiger partial charge on any atom is -0.367 e. The summed E-state index contributed by atoms with van der Waals surface area (Å²) >= 11 is 0. The Hall–Kier alpha value is -2.49. The third kappa shape index (κ3) is 5.51. The number of anilines is 1. The summed E-state index contributed by atoms with van der Waals surface area (Å²) in [6.07, 6.45) is 8.43. The summed E-state index contributed by atoms with van der Waals surface area (Å²) in [5.41, 5.74) is 1.93. The molecule has 0 fully saturated rings. The van der Waals surface area contributed by atoms with Crippen LogP contribution in [0.15, 0.2) is 48.8 Å². The van der Waals surface area contributed by atoms with Crippen LogP contribution in [-0.4, -0.2) is 21.0 Å². The Labute approximate surface area is 157 Å². The number of nitrogens with one attached hydrogen (secondary N) is 1. The van der Waals surface area contributed by atoms with Crippen LogP contribution >= 0.6 is 0 Å². The summed E-state index contributed by atoms with van der Waals surface area (Å²) in [4.78, 5) is 13.5. The minimum absolute atomic E-state index is 0.383. The molecule has 0 bridgehead atoms. The highest BCUT2D eigenvalue weighted by molar-refractivity contribution is 5.90. The van der Waals surface area contributed by atoms with E-state index in [0.717, 1.165) is 41.0 Å². The molecule has 4 nitrogen and oxygen atoms in total. The van der Waals surface area contributed by atoms with Crippen LogP contribution in [0.5, 0.6) is 0 Å². The molecule has 3 rings (SSSR count). The lowest BCUT2D eigenvalue weighted by molar-refractivity contribution is 0.688. The first-order chi connectivity index (χ1) is 12.7. The zero-order valence-electron chi connectivity index (χ0n) is 16.4. The number of aromatic nitrogens is 3. The molecule has 3 aromatic rings. The molecule has 0 amide bonds. The molecule has 0 saturated carbocycles. The van der Waals surface area contributed by atoms with E-state index >= 15 is 0 Å². The number of para-hydroxylation sites is 1. The summed E-state index contributed by atoms with van der Waals surface area (Å²) < 4.78 is 0. The van der Waals surface area contributed by atoms with Crippen molar-refractivity contribution >= 4 is 16.7 Å². The smallest absolute Gasteiger partial charge is 0.162 e. The Bertz CT molecular complexity index is 785. The van der Waals surface area contributed by atoms with Crippen molar-refractivity contribution in [2.75, 3.05) is 5.32 Å². The second kappa shape index (κ2) is 10.5. The van der Waals surface area contributed by atoms with Gasteiger partial charge < -0.3 is 5.32 Å². The fourth-order valence-corrected chi connectivity index (χ4v) is 2.56. The molecule has 0 radical (unpaired) electrons. The molecule has 1 atom stereocenters. The molecular formula is C22H30N4. The van der Waals surface area contributed by atoms with Gasteiger partial charge in [-0.25, -0.2) is 9.97 Å². The lowest BCUT2D eigenvalue weighted by atomic mass is 10.1. The topological polar surface area (TPSA) is 50.7 Å². The molecule has 2 aromatic heterocycles. The molecule has 0 spiro atoms. The van der Waals surface area contributed by atoms with Crippen LogP contribution in [0.4, 0.5) is 5.82 Å². The Balaban J connectivity index is 0.000000552. The molecule has 1 N–H and O–H groups in total. The van der Waals surface area contributed by atoms with Crippen LogP contribution in [0.2, 0.25) is 0 Å². The van der Waals surface area contributed by atoms with Gasteiger partial charge in [0.15, 0.2) is 5.82 Å². The molecule has 0 saturated heterocycles. The van der Waals surface area contributed by atoms with Gasteiger partial charge in [0.05, 0.1) is 5.52 Å². The van der Waals surface area contributed by atoms with Gasteiger partial charge in [0, 0.05) is 29.4 Å². The standard InChI is InChI=1S/C18H20N4.C4H10/c1-3-6-13(2)20-18-15-7-4-5-8-16(15)21-17(22-18)14-9-11-19-12-10-14;1-3-4-2/h4-5,7-13H,3,6H2,1-2H3,(H,20,21,22);3-4H2,1-2H3. The van der Waals surface area contributed by atoms with E-state index in [1.54, 1.807) is 12.4 Å². The summed E-state index contributed by atoms with van der Waals surface area (Å²) in [7, 11) is 0. The van der Waals surface area contributed by atoms with Crippen LogP contribution < -0.4 is 5.32 Å². The third-order valence-corrected chi connectivity index (χ3v) is 4.15. The van der Waals surface area contributed by atoms with Gasteiger partial charge in [-0.2, -0.15) is 0 Å². The lowest BCUT2D eigenvalue weighted by Crippen LogP contribution is -2.16. The van der Waals surface area contributed by atoms with Crippen molar-refractivity contribution in [2.24, 2.45) is 0 Å². The predicted molar refractivity (Wildman–Crippen MR) is 111 cm³/mol. The predicted octanol–water partition coefficient (Wildman–Crippen LogP) is 6.10. The van der Waals surface area contributed by atoms with Crippen molar-refractivity contribution in [3.63, 3.8) is 0 Å². The van der Waals surface area contributed by atoms with E-state index in [2.05, 4.69) is 49.0 Å². The molecular weight excluding hydrogens is 320 g/mol. The zero-order valence-corrected chi connectivity index (χ0v) is 16.4. The van der Waals surface area contributed by atoms with Gasteiger partial charge in [0.2, 0.25) is 0 Å². The van der Waals surface area contributed by atoms with E-state index in [0.29, 0.717) is 6.04 Å². The number of benzene rings is 1. The molecule has 0 aliphatic heterocycles. The molecule has 2 heterocycles. The number of nitrogens with zero attached hydrogens (tertiary/aromatic N) is 3. The van der Waals surface area contributed by atoms with Crippen molar-refractivity contribution < 1.29 is 0 Å². The molecule has 0 aliphatic rings. The van der Waals surface area contributed by atoms with E-state index in [9.17, 15) is 0 Å². The summed E-state index contributed by atoms with van der Waals surface area (Å²) in [5, 5.41) is 4.59. The van der Waals surface area contributed by atoms with E-state index in [1.807, 2.05) is 30.3 Å². The van der Waals surface area contributed by atoms with Crippen LogP contribution in [0.3, 0.4) is 0 Å². The number of fused-ring (bicyclic) bond motifs is 1. The van der Waals surface area contributed by atoms with Gasteiger partial charge in [-0.15, -0.1) is 0 Å². The Morgan fingerprint density at radius 1 is 0.885 bits per heavy atom. The average molecular weight is 351 g/mol. The largest absolute Gasteiger partial charge is 0.367 e. The molecule has 4 heteroatoms. The van der Waals surface area contributed by atoms with Crippen LogP contribution in [0.25, 0.3) is 22.3 Å². The maximum atomic E-state index is 4.74. The first-order valence-corrected chi connectivity index (χ1v) is 9.63. The quantitative estimate of drug-likeness (QED) is 0.583. The molecule has 0 aliphatic carbocycles. The van der Waals surface area contributed by atoms with Gasteiger partial charge in [-0.05, 0) is 37.6 Å². The highest BCUT2D eigenvalue weighted by Gasteiger charge is 2.11. The normalized spacial score (nSPS) is 11.5. The Morgan fingerprint density at radius 2 is 1.58 bits per heavy atom. The van der Waals surface area contributed by atoms with Crippen molar-refractivity contribution in [1.82, 2.24) is 15.0 Å². The van der Waals surface area contributed by atoms with Gasteiger partial charge in [-0.3, -0.25) is 4.98 Å². The van der Waals surface area contributed by atoms with Crippen molar-refractivity contribution in [1.29, 1.82) is 0 Å². The molecule has 26 heavy (non-hydrogen) atoms. The summed E-state index contributed by atoms with van der Waals surface area (Å²) in [6.45, 7) is 8.74. The zero-order chi connectivity index (χ0) is 18.8. The van der Waals surface area contributed by atoms with Crippen LogP contribution in [0.1, 0.15) is 53.4 Å². The Kier molecular flexibility index (Phi) is 8.00.